The maximum Gasteiger partial charge on any atom is 0.311 e. The monoisotopic (exact) mass is 296 g/mol. The number of esters is 1. The number of carbonyl (C=O) groups is 1. The Morgan fingerprint density at radius 1 is 1.24 bits per heavy atom. The van der Waals surface area contributed by atoms with E-state index in [2.05, 4.69) is 13.5 Å². The van der Waals surface area contributed by atoms with E-state index in [9.17, 15) is 4.79 Å². The van der Waals surface area contributed by atoms with Gasteiger partial charge in [-0.1, -0.05) is 44.8 Å². The lowest BCUT2D eigenvalue weighted by atomic mass is 9.79. The van der Waals surface area contributed by atoms with Crippen molar-refractivity contribution in [3.8, 4) is 0 Å². The Morgan fingerprint density at radius 3 is 2.52 bits per heavy atom. The van der Waals surface area contributed by atoms with Crippen molar-refractivity contribution >= 4 is 5.97 Å². The van der Waals surface area contributed by atoms with Crippen molar-refractivity contribution < 1.29 is 14.3 Å². The van der Waals surface area contributed by atoms with Crippen LogP contribution in [0.25, 0.3) is 0 Å². The number of rotatable bonds is 8. The van der Waals surface area contributed by atoms with Crippen molar-refractivity contribution in [1.82, 2.24) is 0 Å². The molecule has 0 radical (unpaired) electrons. The molecule has 0 spiro atoms. The summed E-state index contributed by atoms with van der Waals surface area (Å²) in [6.07, 6.45) is 7.01. The molecule has 1 aliphatic heterocycles. The lowest BCUT2D eigenvalue weighted by Crippen LogP contribution is -2.44. The fourth-order valence-electron chi connectivity index (χ4n) is 3.18. The van der Waals surface area contributed by atoms with Gasteiger partial charge >= 0.3 is 5.97 Å². The Morgan fingerprint density at radius 2 is 1.95 bits per heavy atom. The molecule has 1 saturated heterocycles. The minimum atomic E-state index is -0.154. The summed E-state index contributed by atoms with van der Waals surface area (Å²) >= 11 is 0. The van der Waals surface area contributed by atoms with Crippen molar-refractivity contribution in [2.75, 3.05) is 6.61 Å². The Bertz CT molecular complexity index is 337. The first-order chi connectivity index (χ1) is 10.0. The number of ether oxygens (including phenoxy) is 2. The predicted octanol–water partition coefficient (Wildman–Crippen LogP) is 4.51. The summed E-state index contributed by atoms with van der Waals surface area (Å²) in [5.41, 5.74) is 1.12. The average molecular weight is 296 g/mol. The maximum atomic E-state index is 12.1. The van der Waals surface area contributed by atoms with Crippen LogP contribution in [0, 0.1) is 11.8 Å². The van der Waals surface area contributed by atoms with Gasteiger partial charge in [-0.25, -0.2) is 0 Å². The van der Waals surface area contributed by atoms with E-state index in [4.69, 9.17) is 9.47 Å². The minimum absolute atomic E-state index is 0.0594. The van der Waals surface area contributed by atoms with Gasteiger partial charge in [0.2, 0.25) is 0 Å². The molecule has 4 atom stereocenters. The van der Waals surface area contributed by atoms with Crippen LogP contribution >= 0.6 is 0 Å². The summed E-state index contributed by atoms with van der Waals surface area (Å²) in [5.74, 6) is -0.00328. The van der Waals surface area contributed by atoms with Crippen LogP contribution in [0.15, 0.2) is 12.2 Å². The van der Waals surface area contributed by atoms with E-state index in [1.54, 1.807) is 0 Å². The first-order valence-corrected chi connectivity index (χ1v) is 8.48. The van der Waals surface area contributed by atoms with E-state index >= 15 is 0 Å². The Labute approximate surface area is 130 Å². The van der Waals surface area contributed by atoms with Gasteiger partial charge in [0.1, 0.15) is 0 Å². The van der Waals surface area contributed by atoms with E-state index in [1.165, 1.54) is 25.7 Å². The molecule has 0 amide bonds. The molecule has 3 nitrogen and oxygen atoms in total. The molecule has 0 bridgehead atoms. The van der Waals surface area contributed by atoms with E-state index in [0.717, 1.165) is 18.4 Å². The number of hydrogen-bond acceptors (Lipinski definition) is 3. The van der Waals surface area contributed by atoms with Gasteiger partial charge in [0.25, 0.3) is 0 Å². The largest absolute Gasteiger partial charge is 0.466 e. The molecule has 0 N–H and O–H groups in total. The van der Waals surface area contributed by atoms with Crippen molar-refractivity contribution in [2.24, 2.45) is 11.8 Å². The number of hydrogen-bond donors (Lipinski definition) is 0. The molecule has 0 aliphatic carbocycles. The van der Waals surface area contributed by atoms with Crippen LogP contribution in [0.3, 0.4) is 0 Å². The molecule has 0 aromatic heterocycles. The van der Waals surface area contributed by atoms with E-state index in [-0.39, 0.29) is 30.0 Å². The third-order valence-corrected chi connectivity index (χ3v) is 4.48. The van der Waals surface area contributed by atoms with Gasteiger partial charge in [0.05, 0.1) is 24.7 Å². The fraction of sp³-hybridized carbons (Fsp3) is 0.833. The van der Waals surface area contributed by atoms with Gasteiger partial charge in [0.15, 0.2) is 0 Å². The van der Waals surface area contributed by atoms with Crippen molar-refractivity contribution in [3.63, 3.8) is 0 Å². The highest BCUT2D eigenvalue weighted by molar-refractivity contribution is 5.73. The molecular formula is C18H32O3. The van der Waals surface area contributed by atoms with Gasteiger partial charge in [0, 0.05) is 5.92 Å². The normalized spacial score (nSPS) is 29.1. The Balaban J connectivity index is 2.62. The van der Waals surface area contributed by atoms with E-state index in [0.29, 0.717) is 6.61 Å². The molecule has 1 heterocycles. The summed E-state index contributed by atoms with van der Waals surface area (Å²) in [5, 5.41) is 0. The predicted molar refractivity (Wildman–Crippen MR) is 86.1 cm³/mol. The lowest BCUT2D eigenvalue weighted by molar-refractivity contribution is -0.165. The van der Waals surface area contributed by atoms with E-state index < -0.39 is 0 Å². The second-order valence-electron chi connectivity index (χ2n) is 6.28. The third kappa shape index (κ3) is 5.46. The molecule has 1 fully saturated rings. The van der Waals surface area contributed by atoms with Crippen molar-refractivity contribution in [1.29, 1.82) is 0 Å². The van der Waals surface area contributed by atoms with Crippen LogP contribution in [0.4, 0.5) is 0 Å². The van der Waals surface area contributed by atoms with Crippen LogP contribution in [-0.2, 0) is 14.3 Å². The zero-order chi connectivity index (χ0) is 15.8. The van der Waals surface area contributed by atoms with Gasteiger partial charge in [-0.05, 0) is 33.6 Å². The first kappa shape index (κ1) is 18.2. The van der Waals surface area contributed by atoms with Crippen LogP contribution in [0.2, 0.25) is 0 Å². The second kappa shape index (κ2) is 9.24. The third-order valence-electron chi connectivity index (χ3n) is 4.48. The summed E-state index contributed by atoms with van der Waals surface area (Å²) in [6, 6.07) is 0. The fourth-order valence-corrected chi connectivity index (χ4v) is 3.18. The van der Waals surface area contributed by atoms with Crippen LogP contribution in [0.1, 0.15) is 66.2 Å². The maximum absolute atomic E-state index is 12.1. The van der Waals surface area contributed by atoms with Gasteiger partial charge in [-0.15, -0.1) is 0 Å². The zero-order valence-corrected chi connectivity index (χ0v) is 14.2. The minimum Gasteiger partial charge on any atom is -0.466 e. The average Bonchev–Trinajstić information content (AvgIpc) is 2.43. The highest BCUT2D eigenvalue weighted by Crippen LogP contribution is 2.36. The summed E-state index contributed by atoms with van der Waals surface area (Å²) in [7, 11) is 0. The lowest BCUT2D eigenvalue weighted by Gasteiger charge is -2.40. The first-order valence-electron chi connectivity index (χ1n) is 8.48. The van der Waals surface area contributed by atoms with Crippen LogP contribution in [0.5, 0.6) is 0 Å². The Hall–Kier alpha value is -0.830. The molecule has 21 heavy (non-hydrogen) atoms. The van der Waals surface area contributed by atoms with Crippen molar-refractivity contribution in [2.45, 2.75) is 78.4 Å². The van der Waals surface area contributed by atoms with Crippen LogP contribution < -0.4 is 0 Å². The molecule has 1 aliphatic rings. The van der Waals surface area contributed by atoms with Gasteiger partial charge < -0.3 is 9.47 Å². The SMILES string of the molecule is C=C(C)[C@@H]1C[C@H](C(=O)OCC)[C@@H](C)O[C@H]1CCCCCC. The van der Waals surface area contributed by atoms with Crippen LogP contribution in [-0.4, -0.2) is 24.8 Å². The van der Waals surface area contributed by atoms with Gasteiger partial charge in [-0.3, -0.25) is 4.79 Å². The summed E-state index contributed by atoms with van der Waals surface area (Å²) < 4.78 is 11.3. The highest BCUT2D eigenvalue weighted by Gasteiger charge is 2.40. The van der Waals surface area contributed by atoms with Gasteiger partial charge in [-0.2, -0.15) is 0 Å². The molecule has 3 heteroatoms. The van der Waals surface area contributed by atoms with E-state index in [1.807, 2.05) is 20.8 Å². The number of unbranched alkanes of at least 4 members (excludes halogenated alkanes) is 3. The zero-order valence-electron chi connectivity index (χ0n) is 14.2. The number of carbonyl (C=O) groups excluding carboxylic acids is 1. The molecule has 0 aromatic rings. The molecule has 0 saturated carbocycles. The topological polar surface area (TPSA) is 35.5 Å². The smallest absolute Gasteiger partial charge is 0.311 e. The quantitative estimate of drug-likeness (QED) is 0.376. The molecule has 1 rings (SSSR count). The van der Waals surface area contributed by atoms with Crippen molar-refractivity contribution in [3.05, 3.63) is 12.2 Å². The second-order valence-corrected chi connectivity index (χ2v) is 6.28. The standard InChI is InChI=1S/C18H32O3/c1-6-8-9-10-11-17-15(13(3)4)12-16(14(5)21-17)18(19)20-7-2/h14-17H,3,6-12H2,1-2,4-5H3/t14-,15+,16+,17+/m1/s1. The summed E-state index contributed by atoms with van der Waals surface area (Å²) in [6.45, 7) is 12.6. The highest BCUT2D eigenvalue weighted by atomic mass is 16.5. The summed E-state index contributed by atoms with van der Waals surface area (Å²) in [4.78, 5) is 12.1. The molecular weight excluding hydrogens is 264 g/mol. The molecule has 0 aromatic carbocycles. The Kier molecular flexibility index (Phi) is 8.02. The molecule has 0 unspecified atom stereocenters. The molecule has 122 valence electrons.